The molecule has 0 fully saturated rings. The molecule has 0 saturated carbocycles. The average Bonchev–Trinajstić information content (AvgIpc) is 1.60. The summed E-state index contributed by atoms with van der Waals surface area (Å²) in [6, 6.07) is 0. The van der Waals surface area contributed by atoms with Crippen LogP contribution in [-0.4, -0.2) is 14.7 Å². The Kier molecular flexibility index (Phi) is 3.95. The average molecular weight is 304 g/mol. The van der Waals surface area contributed by atoms with Gasteiger partial charge in [0.2, 0.25) is 0 Å². The van der Waals surface area contributed by atoms with Crippen LogP contribution in [0, 0.1) is 0 Å². The molecule has 1 atom stereocenters. The molecule has 0 aromatic heterocycles. The second-order valence-corrected chi connectivity index (χ2v) is 5.00. The van der Waals surface area contributed by atoms with Gasteiger partial charge in [-0.15, -0.1) is 0 Å². The molecule has 10 heteroatoms. The fourth-order valence-electron chi connectivity index (χ4n) is 0.147. The zero-order chi connectivity index (χ0) is 8.41. The minimum absolute atomic E-state index is 0.989. The van der Waals surface area contributed by atoms with E-state index >= 15 is 0 Å². The van der Waals surface area contributed by atoms with Gasteiger partial charge in [0, 0.05) is 0 Å². The lowest BCUT2D eigenvalue weighted by molar-refractivity contribution is 0.241. The van der Waals surface area contributed by atoms with Gasteiger partial charge < -0.3 is 14.7 Å². The molecule has 0 aromatic carbocycles. The maximum absolute atomic E-state index is 10.2. The van der Waals surface area contributed by atoms with Crippen molar-refractivity contribution in [3.63, 3.8) is 0 Å². The van der Waals surface area contributed by atoms with E-state index < -0.39 is 15.6 Å². The van der Waals surface area contributed by atoms with Crippen molar-refractivity contribution in [2.75, 3.05) is 0 Å². The predicted octanol–water partition coefficient (Wildman–Crippen LogP) is 0.563. The zero-order valence-corrected chi connectivity index (χ0v) is 8.19. The van der Waals surface area contributed by atoms with Gasteiger partial charge in [0.05, 0.1) is 0 Å². The van der Waals surface area contributed by atoms with E-state index in [4.69, 9.17) is 14.7 Å². The van der Waals surface area contributed by atoms with Crippen LogP contribution in [0.15, 0.2) is 0 Å². The summed E-state index contributed by atoms with van der Waals surface area (Å²) >= 11 is 0.989. The summed E-state index contributed by atoms with van der Waals surface area (Å²) in [5, 5.41) is 0. The Morgan fingerprint density at radius 2 is 1.60 bits per heavy atom. The Balaban J connectivity index is 4.17. The first-order chi connectivity index (χ1) is 4.27. The minimum Gasteiger partial charge on any atom is -0.302 e. The van der Waals surface area contributed by atoms with E-state index in [2.05, 4.69) is 7.16 Å². The molecule has 0 radical (unpaired) electrons. The van der Waals surface area contributed by atoms with Gasteiger partial charge in [-0.2, -0.15) is 4.31 Å². The molecule has 0 rings (SSSR count). The monoisotopic (exact) mass is 304 g/mol. The van der Waals surface area contributed by atoms with E-state index in [1.54, 1.807) is 0 Å². The highest BCUT2D eigenvalue weighted by Gasteiger charge is 2.31. The molecule has 0 amide bonds. The first-order valence-corrected chi connectivity index (χ1v) is 5.57. The van der Waals surface area contributed by atoms with Gasteiger partial charge in [-0.1, -0.05) is 0 Å². The number of hydrogen-bond donors (Lipinski definition) is 3. The fraction of sp³-hybridized carbons (Fsp3) is 0. The van der Waals surface area contributed by atoms with Crippen LogP contribution in [0.25, 0.3) is 0 Å². The number of hydrogen-bond acceptors (Lipinski definition) is 4. The molecule has 0 spiro atoms. The summed E-state index contributed by atoms with van der Waals surface area (Å²) in [6.45, 7) is 0. The molecule has 0 heterocycles. The molecule has 0 saturated heterocycles. The van der Waals surface area contributed by atoms with Gasteiger partial charge in [0.25, 0.3) is 0 Å². The summed E-state index contributed by atoms with van der Waals surface area (Å²) in [6.07, 6.45) is 0. The highest BCUT2D eigenvalue weighted by Crippen LogP contribution is 2.58. The van der Waals surface area contributed by atoms with Crippen molar-refractivity contribution in [1.82, 2.24) is 0 Å². The van der Waals surface area contributed by atoms with Crippen LogP contribution in [-0.2, 0) is 16.3 Å². The molecule has 10 heavy (non-hydrogen) atoms. The van der Waals surface area contributed by atoms with Crippen LogP contribution >= 0.6 is 38.7 Å². The van der Waals surface area contributed by atoms with E-state index in [1.165, 1.54) is 0 Å². The molecule has 0 aromatic rings. The van der Waals surface area contributed by atoms with E-state index in [0.29, 0.717) is 0 Å². The van der Waals surface area contributed by atoms with Crippen molar-refractivity contribution in [2.45, 2.75) is 0 Å². The van der Waals surface area contributed by atoms with Crippen molar-refractivity contribution < 1.29 is 31.0 Å². The van der Waals surface area contributed by atoms with Crippen LogP contribution in [0.5, 0.6) is 0 Å². The van der Waals surface area contributed by atoms with Crippen LogP contribution in [0.3, 0.4) is 0 Å². The van der Waals surface area contributed by atoms with Crippen LogP contribution in [0.4, 0.5) is 0 Å². The Labute approximate surface area is 69.9 Å². The molecule has 0 aliphatic rings. The van der Waals surface area contributed by atoms with Crippen LogP contribution < -0.4 is 0 Å². The van der Waals surface area contributed by atoms with E-state index in [1.807, 2.05) is 0 Å². The zero-order valence-electron chi connectivity index (χ0n) is 4.25. The second kappa shape index (κ2) is 3.59. The Morgan fingerprint density at radius 1 is 1.20 bits per heavy atom. The van der Waals surface area contributed by atoms with Crippen molar-refractivity contribution in [1.29, 1.82) is 0 Å². The predicted molar refractivity (Wildman–Crippen MR) is 38.1 cm³/mol. The molecular weight excluding hydrogens is 301 g/mol. The summed E-state index contributed by atoms with van der Waals surface area (Å²) < 4.78 is 27.1. The third-order valence-electron chi connectivity index (χ3n) is 0.297. The molecule has 3 N–H and O–H groups in total. The first-order valence-electron chi connectivity index (χ1n) is 1.67. The van der Waals surface area contributed by atoms with Crippen LogP contribution in [0.1, 0.15) is 0 Å². The Morgan fingerprint density at radius 3 is 1.70 bits per heavy atom. The van der Waals surface area contributed by atoms with Gasteiger partial charge in [0.15, 0.2) is 0 Å². The third-order valence-corrected chi connectivity index (χ3v) is 3.64. The molecule has 0 bridgehead atoms. The number of halogens is 1. The molecule has 1 unspecified atom stereocenters. The summed E-state index contributed by atoms with van der Waals surface area (Å²) in [4.78, 5) is 24.2. The molecule has 0 aliphatic carbocycles. The lowest BCUT2D eigenvalue weighted by Gasteiger charge is -2.06. The second-order valence-electron chi connectivity index (χ2n) is 1.11. The first kappa shape index (κ1) is 11.0. The smallest absolute Gasteiger partial charge is 0.302 e. The normalized spacial score (nSPS) is 18.4. The lowest BCUT2D eigenvalue weighted by Crippen LogP contribution is -1.85. The molecule has 7 nitrogen and oxygen atoms in total. The number of rotatable bonds is 3. The van der Waals surface area contributed by atoms with Gasteiger partial charge in [-0.05, 0) is 0 Å². The van der Waals surface area contributed by atoms with Crippen LogP contribution in [0.2, 0.25) is 0 Å². The van der Waals surface area contributed by atoms with Crippen molar-refractivity contribution in [2.24, 2.45) is 0 Å². The lowest BCUT2D eigenvalue weighted by atomic mass is 15.7. The van der Waals surface area contributed by atoms with Gasteiger partial charge in [-0.3, -0.25) is 0 Å². The largest absolute Gasteiger partial charge is 0.490 e. The highest BCUT2D eigenvalue weighted by atomic mass is 127. The van der Waals surface area contributed by atoms with E-state index in [-0.39, 0.29) is 0 Å². The van der Waals surface area contributed by atoms with Crippen molar-refractivity contribution >= 4 is 38.7 Å². The standard InChI is InChI=1S/H3IO7P2/c1-7-10(5,6)8-9(2,3)4/h(H,5,6)(H2,2,3,4). The summed E-state index contributed by atoms with van der Waals surface area (Å²) in [5.41, 5.74) is 0. The fourth-order valence-corrected chi connectivity index (χ4v) is 1.97. The quantitative estimate of drug-likeness (QED) is 0.515. The van der Waals surface area contributed by atoms with E-state index in [9.17, 15) is 9.13 Å². The third kappa shape index (κ3) is 5.75. The number of phosphoric acid groups is 2. The highest BCUT2D eigenvalue weighted by molar-refractivity contribution is 14.1. The maximum Gasteiger partial charge on any atom is 0.490 e. The maximum atomic E-state index is 10.2. The Hall–Kier alpha value is 0.990. The minimum atomic E-state index is -4.95. The SMILES string of the molecule is O=P(O)(O)OP(=O)(O)OI. The van der Waals surface area contributed by atoms with Gasteiger partial charge in [-0.25, -0.2) is 12.0 Å². The van der Waals surface area contributed by atoms with Gasteiger partial charge >= 0.3 is 15.6 Å². The summed E-state index contributed by atoms with van der Waals surface area (Å²) in [7, 11) is -9.52. The molecular formula is H3IO7P2. The van der Waals surface area contributed by atoms with Crippen molar-refractivity contribution in [3.8, 4) is 0 Å². The Bertz CT molecular complexity index is 190. The van der Waals surface area contributed by atoms with Gasteiger partial charge in [0.1, 0.15) is 23.0 Å². The topological polar surface area (TPSA) is 113 Å². The molecule has 0 aliphatic heterocycles. The van der Waals surface area contributed by atoms with E-state index in [0.717, 1.165) is 23.0 Å². The van der Waals surface area contributed by atoms with Crippen molar-refractivity contribution in [3.05, 3.63) is 0 Å². The summed E-state index contributed by atoms with van der Waals surface area (Å²) in [5.74, 6) is 0. The molecule has 62 valence electrons.